The minimum atomic E-state index is -0.647. The van der Waals surface area contributed by atoms with E-state index in [1.807, 2.05) is 26.0 Å². The highest BCUT2D eigenvalue weighted by Gasteiger charge is 2.37. The molecule has 0 fully saturated rings. The summed E-state index contributed by atoms with van der Waals surface area (Å²) in [6.45, 7) is 12.2. The normalized spacial score (nSPS) is 16.7. The number of carbonyl (C=O) groups excluding carboxylic acids is 1. The molecule has 0 spiro atoms. The van der Waals surface area contributed by atoms with Crippen LogP contribution >= 0.6 is 0 Å². The van der Waals surface area contributed by atoms with Crippen LogP contribution in [0, 0.1) is 18.3 Å². The molecule has 2 rings (SSSR count). The van der Waals surface area contributed by atoms with Gasteiger partial charge in [0, 0.05) is 0 Å². The number of hydrogen-bond donors (Lipinski definition) is 1. The van der Waals surface area contributed by atoms with Crippen molar-refractivity contribution in [2.24, 2.45) is 5.73 Å². The molecule has 0 saturated carbocycles. The Labute approximate surface area is 166 Å². The fourth-order valence-corrected chi connectivity index (χ4v) is 3.42. The van der Waals surface area contributed by atoms with Crippen LogP contribution < -0.4 is 10.5 Å². The summed E-state index contributed by atoms with van der Waals surface area (Å²) in [4.78, 5) is 12.7. The number of ether oxygens (including phenoxy) is 3. The molecule has 1 atom stereocenters. The molecule has 1 aromatic carbocycles. The number of nitrogens with two attached hydrogens (primary N) is 1. The second-order valence-corrected chi connectivity index (χ2v) is 6.95. The Morgan fingerprint density at radius 1 is 1.29 bits per heavy atom. The van der Waals surface area contributed by atoms with Gasteiger partial charge in [0.25, 0.3) is 0 Å². The summed E-state index contributed by atoms with van der Waals surface area (Å²) in [7, 11) is 0. The molecule has 1 aromatic rings. The lowest BCUT2D eigenvalue weighted by Gasteiger charge is -2.29. The molecule has 2 N–H and O–H groups in total. The molecule has 0 amide bonds. The fraction of sp³-hybridized carbons (Fsp3) is 0.455. The zero-order valence-electron chi connectivity index (χ0n) is 17.4. The first kappa shape index (κ1) is 21.4. The number of allylic oxidation sites excluding steroid dienone is 2. The minimum Gasteiger partial charge on any atom is -0.494 e. The summed E-state index contributed by atoms with van der Waals surface area (Å²) in [6.07, 6.45) is 0. The van der Waals surface area contributed by atoms with Gasteiger partial charge in [0.2, 0.25) is 5.88 Å². The van der Waals surface area contributed by atoms with Crippen LogP contribution in [0.2, 0.25) is 0 Å². The van der Waals surface area contributed by atoms with Gasteiger partial charge in [-0.15, -0.1) is 0 Å². The van der Waals surface area contributed by atoms with Crippen molar-refractivity contribution >= 4 is 5.97 Å². The Morgan fingerprint density at radius 3 is 2.50 bits per heavy atom. The summed E-state index contributed by atoms with van der Waals surface area (Å²) in [5, 5.41) is 9.75. The van der Waals surface area contributed by atoms with Gasteiger partial charge in [-0.3, -0.25) is 0 Å². The lowest BCUT2D eigenvalue weighted by molar-refractivity contribution is -0.139. The number of hydrogen-bond acceptors (Lipinski definition) is 6. The average Bonchev–Trinajstić information content (AvgIpc) is 2.61. The molecule has 1 aliphatic rings. The van der Waals surface area contributed by atoms with E-state index in [0.29, 0.717) is 17.9 Å². The van der Waals surface area contributed by atoms with Crippen molar-refractivity contribution in [2.75, 3.05) is 13.2 Å². The van der Waals surface area contributed by atoms with Gasteiger partial charge in [0.05, 0.1) is 24.7 Å². The van der Waals surface area contributed by atoms with Crippen molar-refractivity contribution in [1.82, 2.24) is 0 Å². The van der Waals surface area contributed by atoms with Gasteiger partial charge in [-0.05, 0) is 56.4 Å². The first-order chi connectivity index (χ1) is 13.3. The smallest absolute Gasteiger partial charge is 0.338 e. The van der Waals surface area contributed by atoms with E-state index in [1.165, 1.54) is 0 Å². The van der Waals surface area contributed by atoms with Crippen molar-refractivity contribution in [2.45, 2.75) is 53.4 Å². The first-order valence-corrected chi connectivity index (χ1v) is 9.49. The lowest BCUT2D eigenvalue weighted by Crippen LogP contribution is -2.26. The molecule has 0 unspecified atom stereocenters. The Balaban J connectivity index is 2.75. The lowest BCUT2D eigenvalue weighted by atomic mass is 9.79. The van der Waals surface area contributed by atoms with E-state index in [4.69, 9.17) is 19.9 Å². The van der Waals surface area contributed by atoms with E-state index in [9.17, 15) is 10.1 Å². The zero-order chi connectivity index (χ0) is 21.0. The van der Waals surface area contributed by atoms with Gasteiger partial charge in [0.15, 0.2) is 0 Å². The van der Waals surface area contributed by atoms with Crippen LogP contribution in [-0.2, 0) is 14.3 Å². The van der Waals surface area contributed by atoms with Gasteiger partial charge in [-0.2, -0.15) is 5.26 Å². The number of esters is 1. The van der Waals surface area contributed by atoms with Gasteiger partial charge in [-0.1, -0.05) is 19.9 Å². The maximum atomic E-state index is 12.7. The Bertz CT molecular complexity index is 875. The van der Waals surface area contributed by atoms with Crippen molar-refractivity contribution in [1.29, 1.82) is 5.26 Å². The molecule has 0 saturated heterocycles. The molecule has 1 aliphatic heterocycles. The molecule has 150 valence electrons. The average molecular weight is 384 g/mol. The van der Waals surface area contributed by atoms with E-state index < -0.39 is 11.9 Å². The van der Waals surface area contributed by atoms with E-state index in [1.54, 1.807) is 13.8 Å². The van der Waals surface area contributed by atoms with E-state index >= 15 is 0 Å². The standard InChI is InChI=1S/C22H28N2O4/c1-7-26-18-9-13(5)16(10-15(18)12(3)4)20-17(11-23)21(24)28-14(6)19(20)22(25)27-8-2/h9-10,12,20H,7-8,24H2,1-6H3/t20-/m1/s1. The molecule has 28 heavy (non-hydrogen) atoms. The summed E-state index contributed by atoms with van der Waals surface area (Å²) >= 11 is 0. The SMILES string of the molecule is CCOC(=O)C1=C(C)OC(N)=C(C#N)[C@H]1c1cc(C(C)C)c(OCC)cc1C. The van der Waals surface area contributed by atoms with Crippen LogP contribution in [0.3, 0.4) is 0 Å². The van der Waals surface area contributed by atoms with Crippen LogP contribution in [0.25, 0.3) is 0 Å². The van der Waals surface area contributed by atoms with Crippen LogP contribution in [-0.4, -0.2) is 19.2 Å². The number of nitrogens with zero attached hydrogens (tertiary/aromatic N) is 1. The van der Waals surface area contributed by atoms with Crippen molar-refractivity contribution in [3.05, 3.63) is 51.6 Å². The third-order valence-electron chi connectivity index (χ3n) is 4.73. The number of rotatable bonds is 6. The largest absolute Gasteiger partial charge is 0.494 e. The van der Waals surface area contributed by atoms with Crippen molar-refractivity contribution in [3.63, 3.8) is 0 Å². The van der Waals surface area contributed by atoms with Crippen LogP contribution in [0.1, 0.15) is 63.1 Å². The highest BCUT2D eigenvalue weighted by Crippen LogP contribution is 2.43. The maximum Gasteiger partial charge on any atom is 0.338 e. The zero-order valence-corrected chi connectivity index (χ0v) is 17.4. The highest BCUT2D eigenvalue weighted by atomic mass is 16.5. The monoisotopic (exact) mass is 384 g/mol. The molecule has 6 nitrogen and oxygen atoms in total. The van der Waals surface area contributed by atoms with E-state index in [-0.39, 0.29) is 24.0 Å². The van der Waals surface area contributed by atoms with Crippen molar-refractivity contribution in [3.8, 4) is 11.8 Å². The van der Waals surface area contributed by atoms with Crippen LogP contribution in [0.5, 0.6) is 5.75 Å². The molecular formula is C22H28N2O4. The first-order valence-electron chi connectivity index (χ1n) is 9.49. The third kappa shape index (κ3) is 3.99. The van der Waals surface area contributed by atoms with Crippen molar-refractivity contribution < 1.29 is 19.0 Å². The summed E-state index contributed by atoms with van der Waals surface area (Å²) in [5.41, 5.74) is 9.22. The topological polar surface area (TPSA) is 94.6 Å². The highest BCUT2D eigenvalue weighted by molar-refractivity contribution is 5.92. The molecule has 0 aromatic heterocycles. The quantitative estimate of drug-likeness (QED) is 0.740. The summed E-state index contributed by atoms with van der Waals surface area (Å²) in [6, 6.07) is 6.07. The molecule has 0 bridgehead atoms. The van der Waals surface area contributed by atoms with Gasteiger partial charge < -0.3 is 19.9 Å². The van der Waals surface area contributed by atoms with E-state index in [0.717, 1.165) is 22.4 Å². The second-order valence-electron chi connectivity index (χ2n) is 6.95. The molecule has 1 heterocycles. The number of carbonyl (C=O) groups is 1. The number of nitriles is 1. The molecule has 6 heteroatoms. The third-order valence-corrected chi connectivity index (χ3v) is 4.73. The van der Waals surface area contributed by atoms with Gasteiger partial charge in [-0.25, -0.2) is 4.79 Å². The summed E-state index contributed by atoms with van der Waals surface area (Å²) < 4.78 is 16.5. The predicted octanol–water partition coefficient (Wildman–Crippen LogP) is 4.16. The van der Waals surface area contributed by atoms with Gasteiger partial charge >= 0.3 is 5.97 Å². The van der Waals surface area contributed by atoms with Crippen LogP contribution in [0.4, 0.5) is 0 Å². The van der Waals surface area contributed by atoms with E-state index in [2.05, 4.69) is 19.9 Å². The number of benzene rings is 1. The molecular weight excluding hydrogens is 356 g/mol. The predicted molar refractivity (Wildman–Crippen MR) is 106 cm³/mol. The fourth-order valence-electron chi connectivity index (χ4n) is 3.42. The molecule has 0 aliphatic carbocycles. The maximum absolute atomic E-state index is 12.7. The Morgan fingerprint density at radius 2 is 1.96 bits per heavy atom. The van der Waals surface area contributed by atoms with Gasteiger partial charge in [0.1, 0.15) is 23.2 Å². The Kier molecular flexibility index (Phi) is 6.74. The number of aryl methyl sites for hydroxylation is 1. The minimum absolute atomic E-state index is 0.0115. The second kappa shape index (κ2) is 8.83. The molecule has 0 radical (unpaired) electrons. The summed E-state index contributed by atoms with van der Waals surface area (Å²) in [5.74, 6) is 0.204. The van der Waals surface area contributed by atoms with Crippen LogP contribution in [0.15, 0.2) is 34.9 Å². The Hall–Kier alpha value is -2.94.